The minimum Gasteiger partial charge on any atom is -0.384 e. The van der Waals surface area contributed by atoms with E-state index in [9.17, 15) is 4.79 Å². The second-order valence-corrected chi connectivity index (χ2v) is 5.28. The van der Waals surface area contributed by atoms with Crippen LogP contribution in [0.5, 0.6) is 0 Å². The molecule has 4 heteroatoms. The first-order chi connectivity index (χ1) is 10.2. The summed E-state index contributed by atoms with van der Waals surface area (Å²) in [5.41, 5.74) is 2.37. The minimum absolute atomic E-state index is 0.0902. The first kappa shape index (κ1) is 15.6. The van der Waals surface area contributed by atoms with E-state index in [2.05, 4.69) is 17.2 Å². The molecule has 0 bridgehead atoms. The molecule has 112 valence electrons. The molecule has 0 spiro atoms. The number of carbonyl (C=O) groups excluding carboxylic acids is 1. The van der Waals surface area contributed by atoms with Crippen molar-refractivity contribution in [1.82, 2.24) is 5.32 Å². The number of hydrogen-bond donors (Lipinski definition) is 2. The molecule has 1 aromatic rings. The first-order valence-corrected chi connectivity index (χ1v) is 7.27. The Morgan fingerprint density at radius 1 is 1.52 bits per heavy atom. The van der Waals surface area contributed by atoms with E-state index in [1.807, 2.05) is 13.0 Å². The van der Waals surface area contributed by atoms with Crippen molar-refractivity contribution < 1.29 is 14.6 Å². The van der Waals surface area contributed by atoms with Gasteiger partial charge in [-0.05, 0) is 43.4 Å². The van der Waals surface area contributed by atoms with E-state index in [1.165, 1.54) is 0 Å². The van der Waals surface area contributed by atoms with Crippen LogP contribution in [0.25, 0.3) is 0 Å². The molecule has 2 N–H and O–H groups in total. The van der Waals surface area contributed by atoms with E-state index in [4.69, 9.17) is 9.84 Å². The molecule has 0 radical (unpaired) electrons. The maximum absolute atomic E-state index is 12.2. The van der Waals surface area contributed by atoms with Crippen molar-refractivity contribution in [3.63, 3.8) is 0 Å². The van der Waals surface area contributed by atoms with Gasteiger partial charge in [-0.1, -0.05) is 17.9 Å². The zero-order valence-corrected chi connectivity index (χ0v) is 12.3. The van der Waals surface area contributed by atoms with E-state index >= 15 is 0 Å². The van der Waals surface area contributed by atoms with Gasteiger partial charge in [0.1, 0.15) is 6.61 Å². The zero-order valence-electron chi connectivity index (χ0n) is 12.3. The van der Waals surface area contributed by atoms with Crippen LogP contribution in [0.1, 0.15) is 34.3 Å². The van der Waals surface area contributed by atoms with Crippen LogP contribution in [-0.4, -0.2) is 37.4 Å². The summed E-state index contributed by atoms with van der Waals surface area (Å²) in [6.07, 6.45) is 2.16. The lowest BCUT2D eigenvalue weighted by Gasteiger charge is -2.22. The molecule has 1 heterocycles. The highest BCUT2D eigenvalue weighted by molar-refractivity contribution is 5.94. The number of hydrogen-bond acceptors (Lipinski definition) is 3. The van der Waals surface area contributed by atoms with Crippen molar-refractivity contribution >= 4 is 5.91 Å². The SMILES string of the molecule is Cc1ccc(C(=O)NCC2CCCOC2)cc1C#CCO. The predicted molar refractivity (Wildman–Crippen MR) is 81.0 cm³/mol. The molecule has 21 heavy (non-hydrogen) atoms. The minimum atomic E-state index is -0.183. The Balaban J connectivity index is 1.98. The van der Waals surface area contributed by atoms with E-state index in [0.717, 1.165) is 37.2 Å². The molecule has 1 fully saturated rings. The van der Waals surface area contributed by atoms with Crippen molar-refractivity contribution in [2.24, 2.45) is 5.92 Å². The Morgan fingerprint density at radius 2 is 2.38 bits per heavy atom. The molecular weight excluding hydrogens is 266 g/mol. The summed E-state index contributed by atoms with van der Waals surface area (Å²) in [7, 11) is 0. The Morgan fingerprint density at radius 3 is 3.10 bits per heavy atom. The lowest BCUT2D eigenvalue weighted by Crippen LogP contribution is -2.33. The Kier molecular flexibility index (Phi) is 5.79. The fraction of sp³-hybridized carbons (Fsp3) is 0.471. The summed E-state index contributed by atoms with van der Waals surface area (Å²) in [4.78, 5) is 12.2. The van der Waals surface area contributed by atoms with Gasteiger partial charge in [-0.2, -0.15) is 0 Å². The molecule has 1 unspecified atom stereocenters. The highest BCUT2D eigenvalue weighted by atomic mass is 16.5. The van der Waals surface area contributed by atoms with Crippen molar-refractivity contribution in [3.05, 3.63) is 34.9 Å². The van der Waals surface area contributed by atoms with Gasteiger partial charge in [-0.25, -0.2) is 0 Å². The molecule has 1 atom stereocenters. The predicted octanol–water partition coefficient (Wildman–Crippen LogP) is 1.50. The van der Waals surface area contributed by atoms with Crippen LogP contribution in [0.15, 0.2) is 18.2 Å². The molecule has 1 aromatic carbocycles. The van der Waals surface area contributed by atoms with Crippen LogP contribution in [-0.2, 0) is 4.74 Å². The second kappa shape index (κ2) is 7.82. The van der Waals surface area contributed by atoms with Crippen LogP contribution in [0.2, 0.25) is 0 Å². The van der Waals surface area contributed by atoms with E-state index in [0.29, 0.717) is 18.0 Å². The number of aliphatic hydroxyl groups excluding tert-OH is 1. The van der Waals surface area contributed by atoms with Crippen LogP contribution >= 0.6 is 0 Å². The summed E-state index contributed by atoms with van der Waals surface area (Å²) >= 11 is 0. The lowest BCUT2D eigenvalue weighted by atomic mass is 10.0. The van der Waals surface area contributed by atoms with Gasteiger partial charge in [0.25, 0.3) is 5.91 Å². The summed E-state index contributed by atoms with van der Waals surface area (Å²) in [5.74, 6) is 5.79. The highest BCUT2D eigenvalue weighted by Gasteiger charge is 2.15. The molecule has 0 saturated carbocycles. The number of benzene rings is 1. The number of aliphatic hydroxyl groups is 1. The van der Waals surface area contributed by atoms with Gasteiger partial charge >= 0.3 is 0 Å². The van der Waals surface area contributed by atoms with Gasteiger partial charge in [-0.15, -0.1) is 0 Å². The van der Waals surface area contributed by atoms with Gasteiger partial charge in [-0.3, -0.25) is 4.79 Å². The summed E-state index contributed by atoms with van der Waals surface area (Å²) < 4.78 is 5.41. The van der Waals surface area contributed by atoms with Crippen molar-refractivity contribution in [2.45, 2.75) is 19.8 Å². The normalized spacial score (nSPS) is 17.7. The van der Waals surface area contributed by atoms with Gasteiger partial charge in [0.05, 0.1) is 6.61 Å². The third kappa shape index (κ3) is 4.59. The zero-order chi connectivity index (χ0) is 15.1. The largest absolute Gasteiger partial charge is 0.384 e. The molecule has 4 nitrogen and oxygen atoms in total. The number of ether oxygens (including phenoxy) is 1. The first-order valence-electron chi connectivity index (χ1n) is 7.27. The van der Waals surface area contributed by atoms with E-state index in [-0.39, 0.29) is 12.5 Å². The van der Waals surface area contributed by atoms with Crippen molar-refractivity contribution in [2.75, 3.05) is 26.4 Å². The molecule has 1 aliphatic rings. The average Bonchev–Trinajstić information content (AvgIpc) is 2.53. The highest BCUT2D eigenvalue weighted by Crippen LogP contribution is 2.13. The monoisotopic (exact) mass is 287 g/mol. The maximum Gasteiger partial charge on any atom is 0.251 e. The van der Waals surface area contributed by atoms with Crippen LogP contribution in [0, 0.1) is 24.7 Å². The van der Waals surface area contributed by atoms with Crippen LogP contribution < -0.4 is 5.32 Å². The van der Waals surface area contributed by atoms with E-state index in [1.54, 1.807) is 12.1 Å². The fourth-order valence-corrected chi connectivity index (χ4v) is 2.34. The molecule has 0 aromatic heterocycles. The maximum atomic E-state index is 12.2. The summed E-state index contributed by atoms with van der Waals surface area (Å²) in [5, 5.41) is 11.7. The Hall–Kier alpha value is -1.83. The topological polar surface area (TPSA) is 58.6 Å². The number of nitrogens with one attached hydrogen (secondary N) is 1. The third-order valence-electron chi connectivity index (χ3n) is 3.61. The quantitative estimate of drug-likeness (QED) is 0.828. The molecular formula is C17H21NO3. The molecule has 0 aliphatic carbocycles. The van der Waals surface area contributed by atoms with E-state index < -0.39 is 0 Å². The number of rotatable bonds is 3. The van der Waals surface area contributed by atoms with Gasteiger partial charge < -0.3 is 15.2 Å². The number of amides is 1. The molecule has 1 aliphatic heterocycles. The third-order valence-corrected chi connectivity index (χ3v) is 3.61. The van der Waals surface area contributed by atoms with Gasteiger partial charge in [0, 0.05) is 24.3 Å². The van der Waals surface area contributed by atoms with Crippen LogP contribution in [0.4, 0.5) is 0 Å². The van der Waals surface area contributed by atoms with Crippen molar-refractivity contribution in [1.29, 1.82) is 0 Å². The molecule has 1 saturated heterocycles. The fourth-order valence-electron chi connectivity index (χ4n) is 2.34. The van der Waals surface area contributed by atoms with Gasteiger partial charge in [0.2, 0.25) is 0 Å². The number of carbonyl (C=O) groups is 1. The standard InChI is InChI=1S/C17H21NO3/c1-13-6-7-16(10-15(13)5-2-8-19)17(20)18-11-14-4-3-9-21-12-14/h6-7,10,14,19H,3-4,8-9,11-12H2,1H3,(H,18,20). The lowest BCUT2D eigenvalue weighted by molar-refractivity contribution is 0.0536. The Labute approximate surface area is 125 Å². The summed E-state index contributed by atoms with van der Waals surface area (Å²) in [6, 6.07) is 5.44. The van der Waals surface area contributed by atoms with Crippen LogP contribution in [0.3, 0.4) is 0 Å². The number of aryl methyl sites for hydroxylation is 1. The molecule has 2 rings (SSSR count). The Bertz CT molecular complexity index is 551. The molecule has 1 amide bonds. The summed E-state index contributed by atoms with van der Waals surface area (Å²) in [6.45, 7) is 3.95. The second-order valence-electron chi connectivity index (χ2n) is 5.28. The van der Waals surface area contributed by atoms with Crippen molar-refractivity contribution in [3.8, 4) is 11.8 Å². The van der Waals surface area contributed by atoms with Gasteiger partial charge in [0.15, 0.2) is 0 Å². The average molecular weight is 287 g/mol. The smallest absolute Gasteiger partial charge is 0.251 e.